The summed E-state index contributed by atoms with van der Waals surface area (Å²) in [5.74, 6) is 1.14. The molecule has 1 aliphatic carbocycles. The summed E-state index contributed by atoms with van der Waals surface area (Å²) in [7, 11) is 0. The highest BCUT2D eigenvalue weighted by Gasteiger charge is 2.28. The molecular formula is C14H27NO2. The van der Waals surface area contributed by atoms with Gasteiger partial charge in [-0.05, 0) is 43.4 Å². The van der Waals surface area contributed by atoms with Gasteiger partial charge in [-0.1, -0.05) is 27.7 Å². The zero-order valence-electron chi connectivity index (χ0n) is 11.6. The Bertz CT molecular complexity index is 243. The van der Waals surface area contributed by atoms with Crippen LogP contribution in [0.5, 0.6) is 0 Å². The van der Waals surface area contributed by atoms with Gasteiger partial charge in [-0.15, -0.1) is 0 Å². The number of carbonyl (C=O) groups is 1. The summed E-state index contributed by atoms with van der Waals surface area (Å²) >= 11 is 0. The van der Waals surface area contributed by atoms with E-state index in [-0.39, 0.29) is 6.04 Å². The highest BCUT2D eigenvalue weighted by molar-refractivity contribution is 5.73. The van der Waals surface area contributed by atoms with Crippen molar-refractivity contribution >= 4 is 5.97 Å². The molecule has 0 saturated heterocycles. The molecule has 1 saturated carbocycles. The van der Waals surface area contributed by atoms with Gasteiger partial charge in [0.25, 0.3) is 0 Å². The molecule has 0 amide bonds. The molecule has 1 fully saturated rings. The molecule has 0 aliphatic heterocycles. The van der Waals surface area contributed by atoms with Crippen molar-refractivity contribution in [1.29, 1.82) is 0 Å². The van der Waals surface area contributed by atoms with Gasteiger partial charge in [0.1, 0.15) is 6.04 Å². The molecule has 3 nitrogen and oxygen atoms in total. The summed E-state index contributed by atoms with van der Waals surface area (Å²) in [4.78, 5) is 11.2. The third-order valence-corrected chi connectivity index (χ3v) is 3.62. The first kappa shape index (κ1) is 14.5. The van der Waals surface area contributed by atoms with Gasteiger partial charge < -0.3 is 10.4 Å². The van der Waals surface area contributed by atoms with Crippen LogP contribution in [0.1, 0.15) is 53.4 Å². The third-order valence-electron chi connectivity index (χ3n) is 3.62. The lowest BCUT2D eigenvalue weighted by molar-refractivity contribution is -0.140. The lowest BCUT2D eigenvalue weighted by Gasteiger charge is -2.34. The van der Waals surface area contributed by atoms with E-state index in [1.165, 1.54) is 6.42 Å². The Morgan fingerprint density at radius 1 is 1.24 bits per heavy atom. The van der Waals surface area contributed by atoms with Gasteiger partial charge in [-0.2, -0.15) is 0 Å². The largest absolute Gasteiger partial charge is 0.480 e. The predicted octanol–water partition coefficient (Wildman–Crippen LogP) is 2.90. The highest BCUT2D eigenvalue weighted by atomic mass is 16.4. The first-order valence-corrected chi connectivity index (χ1v) is 6.87. The quantitative estimate of drug-likeness (QED) is 0.778. The van der Waals surface area contributed by atoms with E-state index in [1.807, 2.05) is 0 Å². The summed E-state index contributed by atoms with van der Waals surface area (Å²) in [5, 5.41) is 12.6. The fraction of sp³-hybridized carbons (Fsp3) is 0.929. The van der Waals surface area contributed by atoms with Crippen LogP contribution in [0, 0.1) is 17.8 Å². The first-order valence-electron chi connectivity index (χ1n) is 6.87. The minimum absolute atomic E-state index is 0.377. The van der Waals surface area contributed by atoms with Crippen molar-refractivity contribution in [2.45, 2.75) is 65.5 Å². The SMILES string of the molecule is CC(C)CC(NC1CC(C)CC(C)C1)C(=O)O. The minimum atomic E-state index is -0.704. The molecule has 3 unspecified atom stereocenters. The van der Waals surface area contributed by atoms with Crippen LogP contribution in [-0.2, 0) is 4.79 Å². The Labute approximate surface area is 105 Å². The van der Waals surface area contributed by atoms with Gasteiger partial charge >= 0.3 is 5.97 Å². The van der Waals surface area contributed by atoms with Crippen molar-refractivity contribution < 1.29 is 9.90 Å². The van der Waals surface area contributed by atoms with Crippen LogP contribution in [0.15, 0.2) is 0 Å². The number of hydrogen-bond donors (Lipinski definition) is 2. The standard InChI is InChI=1S/C14H27NO2/c1-9(2)5-13(14(16)17)15-12-7-10(3)6-11(4)8-12/h9-13,15H,5-8H2,1-4H3,(H,16,17). The van der Waals surface area contributed by atoms with E-state index < -0.39 is 5.97 Å². The predicted molar refractivity (Wildman–Crippen MR) is 70.0 cm³/mol. The Morgan fingerprint density at radius 2 is 1.76 bits per heavy atom. The van der Waals surface area contributed by atoms with E-state index in [4.69, 9.17) is 0 Å². The lowest BCUT2D eigenvalue weighted by atomic mass is 9.80. The van der Waals surface area contributed by atoms with E-state index >= 15 is 0 Å². The normalized spacial score (nSPS) is 31.5. The number of carboxylic acid groups (broad SMARTS) is 1. The lowest BCUT2D eigenvalue weighted by Crippen LogP contribution is -2.46. The molecule has 2 N–H and O–H groups in total. The smallest absolute Gasteiger partial charge is 0.320 e. The Morgan fingerprint density at radius 3 is 2.18 bits per heavy atom. The van der Waals surface area contributed by atoms with Gasteiger partial charge in [0.15, 0.2) is 0 Å². The van der Waals surface area contributed by atoms with Crippen molar-refractivity contribution in [3.63, 3.8) is 0 Å². The molecule has 0 radical (unpaired) electrons. The van der Waals surface area contributed by atoms with Crippen LogP contribution in [0.4, 0.5) is 0 Å². The van der Waals surface area contributed by atoms with Crippen LogP contribution in [0.2, 0.25) is 0 Å². The van der Waals surface area contributed by atoms with Crippen LogP contribution < -0.4 is 5.32 Å². The average molecular weight is 241 g/mol. The van der Waals surface area contributed by atoms with Crippen molar-refractivity contribution in [3.8, 4) is 0 Å². The molecule has 0 bridgehead atoms. The summed E-state index contributed by atoms with van der Waals surface area (Å²) in [5.41, 5.74) is 0. The number of hydrogen-bond acceptors (Lipinski definition) is 2. The summed E-state index contributed by atoms with van der Waals surface area (Å²) in [6.07, 6.45) is 4.23. The van der Waals surface area contributed by atoms with Gasteiger partial charge in [-0.3, -0.25) is 4.79 Å². The van der Waals surface area contributed by atoms with Gasteiger partial charge in [0.2, 0.25) is 0 Å². The molecule has 3 atom stereocenters. The van der Waals surface area contributed by atoms with E-state index in [9.17, 15) is 9.90 Å². The van der Waals surface area contributed by atoms with Crippen molar-refractivity contribution in [2.75, 3.05) is 0 Å². The molecule has 1 aliphatic rings. The van der Waals surface area contributed by atoms with Crippen LogP contribution >= 0.6 is 0 Å². The fourth-order valence-electron chi connectivity index (χ4n) is 3.08. The molecule has 100 valence electrons. The van der Waals surface area contributed by atoms with Crippen LogP contribution in [-0.4, -0.2) is 23.2 Å². The maximum atomic E-state index is 11.2. The molecule has 17 heavy (non-hydrogen) atoms. The maximum absolute atomic E-state index is 11.2. The van der Waals surface area contributed by atoms with Crippen molar-refractivity contribution in [3.05, 3.63) is 0 Å². The molecule has 0 heterocycles. The van der Waals surface area contributed by atoms with Gasteiger partial charge in [0.05, 0.1) is 0 Å². The Hall–Kier alpha value is -0.570. The van der Waals surface area contributed by atoms with E-state index in [2.05, 4.69) is 33.0 Å². The van der Waals surface area contributed by atoms with Crippen LogP contribution in [0.25, 0.3) is 0 Å². The average Bonchev–Trinajstić information content (AvgIpc) is 2.13. The number of carboxylic acids is 1. The number of nitrogens with one attached hydrogen (secondary N) is 1. The third kappa shape index (κ3) is 5.07. The minimum Gasteiger partial charge on any atom is -0.480 e. The second kappa shape index (κ2) is 6.39. The second-order valence-corrected chi connectivity index (χ2v) is 6.30. The van der Waals surface area contributed by atoms with Crippen LogP contribution in [0.3, 0.4) is 0 Å². The Kier molecular flexibility index (Phi) is 5.44. The van der Waals surface area contributed by atoms with E-state index in [0.717, 1.165) is 12.8 Å². The fourth-order valence-corrected chi connectivity index (χ4v) is 3.08. The molecular weight excluding hydrogens is 214 g/mol. The number of aliphatic carboxylic acids is 1. The van der Waals surface area contributed by atoms with E-state index in [1.54, 1.807) is 0 Å². The molecule has 1 rings (SSSR count). The monoisotopic (exact) mass is 241 g/mol. The topological polar surface area (TPSA) is 49.3 Å². The molecule has 3 heteroatoms. The zero-order chi connectivity index (χ0) is 13.0. The van der Waals surface area contributed by atoms with E-state index in [0.29, 0.717) is 30.2 Å². The second-order valence-electron chi connectivity index (χ2n) is 6.30. The number of rotatable bonds is 5. The summed E-state index contributed by atoms with van der Waals surface area (Å²) < 4.78 is 0. The molecule has 0 spiro atoms. The van der Waals surface area contributed by atoms with Crippen molar-refractivity contribution in [1.82, 2.24) is 5.32 Å². The molecule has 0 aromatic rings. The molecule has 0 aromatic carbocycles. The summed E-state index contributed by atoms with van der Waals surface area (Å²) in [6, 6.07) is 0.00565. The van der Waals surface area contributed by atoms with Gasteiger partial charge in [0, 0.05) is 6.04 Å². The molecule has 0 aromatic heterocycles. The maximum Gasteiger partial charge on any atom is 0.320 e. The highest BCUT2D eigenvalue weighted by Crippen LogP contribution is 2.29. The first-order chi connectivity index (χ1) is 7.88. The van der Waals surface area contributed by atoms with Gasteiger partial charge in [-0.25, -0.2) is 0 Å². The zero-order valence-corrected chi connectivity index (χ0v) is 11.6. The van der Waals surface area contributed by atoms with Crippen molar-refractivity contribution in [2.24, 2.45) is 17.8 Å². The Balaban J connectivity index is 2.51. The summed E-state index contributed by atoms with van der Waals surface area (Å²) in [6.45, 7) is 8.68.